The fourth-order valence-electron chi connectivity index (χ4n) is 8.64. The van der Waals surface area contributed by atoms with Gasteiger partial charge in [-0.2, -0.15) is 0 Å². The minimum Gasteiger partial charge on any atom is -0.462 e. The largest absolute Gasteiger partial charge is 0.462 e. The number of hydrogen-bond donors (Lipinski definition) is 1. The zero-order valence-corrected chi connectivity index (χ0v) is 17.1. The Hall–Kier alpha value is -0.940. The average Bonchev–Trinajstić information content (AvgIpc) is 3.27. The summed E-state index contributed by atoms with van der Waals surface area (Å²) in [6.07, 6.45) is 3.04. The SMILES string of the molecule is CC(=O)OC1CCC(C)(C)C2C(O)CC34CC(CC5OC53C12C)C(C)C4=O. The molecule has 4 saturated carbocycles. The number of rotatable bonds is 1. The van der Waals surface area contributed by atoms with E-state index in [1.807, 2.05) is 0 Å². The van der Waals surface area contributed by atoms with Crippen molar-refractivity contribution in [1.29, 1.82) is 0 Å². The minimum atomic E-state index is -0.615. The third kappa shape index (κ3) is 1.80. The molecule has 0 amide bonds. The van der Waals surface area contributed by atoms with Gasteiger partial charge in [-0.3, -0.25) is 9.59 Å². The van der Waals surface area contributed by atoms with E-state index in [0.717, 1.165) is 25.7 Å². The molecule has 2 spiro atoms. The summed E-state index contributed by atoms with van der Waals surface area (Å²) in [7, 11) is 0. The van der Waals surface area contributed by atoms with Crippen molar-refractivity contribution in [3.8, 4) is 0 Å². The fourth-order valence-corrected chi connectivity index (χ4v) is 8.64. The number of carbonyl (C=O) groups excluding carboxylic acids is 2. The van der Waals surface area contributed by atoms with Gasteiger partial charge in [-0.15, -0.1) is 0 Å². The number of fused-ring (bicyclic) bond motifs is 2. The molecule has 9 unspecified atom stereocenters. The van der Waals surface area contributed by atoms with Crippen molar-refractivity contribution in [3.05, 3.63) is 0 Å². The minimum absolute atomic E-state index is 0.0365. The van der Waals surface area contributed by atoms with Gasteiger partial charge in [-0.05, 0) is 43.4 Å². The van der Waals surface area contributed by atoms with E-state index in [2.05, 4.69) is 27.7 Å². The van der Waals surface area contributed by atoms with E-state index in [4.69, 9.17) is 9.47 Å². The Balaban J connectivity index is 1.71. The third-order valence-electron chi connectivity index (χ3n) is 9.41. The average molecular weight is 376 g/mol. The molecule has 5 rings (SSSR count). The Morgan fingerprint density at radius 3 is 2.63 bits per heavy atom. The highest BCUT2D eigenvalue weighted by Crippen LogP contribution is 2.80. The smallest absolute Gasteiger partial charge is 0.302 e. The Labute approximate surface area is 161 Å². The maximum absolute atomic E-state index is 13.5. The molecular weight excluding hydrogens is 344 g/mol. The van der Waals surface area contributed by atoms with Crippen LogP contribution in [0.3, 0.4) is 0 Å². The van der Waals surface area contributed by atoms with E-state index in [1.165, 1.54) is 6.92 Å². The molecule has 5 nitrogen and oxygen atoms in total. The summed E-state index contributed by atoms with van der Waals surface area (Å²) >= 11 is 0. The normalized spacial score (nSPS) is 57.3. The molecule has 2 bridgehead atoms. The number of epoxide rings is 1. The van der Waals surface area contributed by atoms with Crippen LogP contribution in [0.4, 0.5) is 0 Å². The van der Waals surface area contributed by atoms with Crippen LogP contribution in [0.2, 0.25) is 0 Å². The van der Waals surface area contributed by atoms with Crippen LogP contribution in [0.1, 0.15) is 66.7 Å². The summed E-state index contributed by atoms with van der Waals surface area (Å²) < 4.78 is 12.4. The molecule has 27 heavy (non-hydrogen) atoms. The molecule has 1 N–H and O–H groups in total. The van der Waals surface area contributed by atoms with Crippen molar-refractivity contribution in [3.63, 3.8) is 0 Å². The first-order chi connectivity index (χ1) is 12.5. The van der Waals surface area contributed by atoms with Crippen molar-refractivity contribution in [2.24, 2.45) is 34.0 Å². The predicted octanol–water partition coefficient (Wildman–Crippen LogP) is 2.88. The van der Waals surface area contributed by atoms with Crippen LogP contribution in [-0.2, 0) is 19.1 Å². The van der Waals surface area contributed by atoms with Crippen molar-refractivity contribution < 1.29 is 24.2 Å². The Bertz CT molecular complexity index is 730. The second kappa shape index (κ2) is 4.96. The first kappa shape index (κ1) is 18.1. The maximum atomic E-state index is 13.5. The van der Waals surface area contributed by atoms with E-state index >= 15 is 0 Å². The quantitative estimate of drug-likeness (QED) is 0.562. The zero-order valence-electron chi connectivity index (χ0n) is 17.1. The van der Waals surface area contributed by atoms with Gasteiger partial charge in [0, 0.05) is 24.2 Å². The topological polar surface area (TPSA) is 76.1 Å². The molecule has 1 aliphatic heterocycles. The summed E-state index contributed by atoms with van der Waals surface area (Å²) in [5, 5.41) is 11.4. The van der Waals surface area contributed by atoms with E-state index < -0.39 is 22.5 Å². The van der Waals surface area contributed by atoms with Gasteiger partial charge in [0.15, 0.2) is 0 Å². The zero-order chi connectivity index (χ0) is 19.6. The lowest BCUT2D eigenvalue weighted by Crippen LogP contribution is -2.72. The Morgan fingerprint density at radius 1 is 1.26 bits per heavy atom. The summed E-state index contributed by atoms with van der Waals surface area (Å²) in [6.45, 7) is 10.1. The Morgan fingerprint density at radius 2 is 1.96 bits per heavy atom. The van der Waals surface area contributed by atoms with Crippen molar-refractivity contribution >= 4 is 11.8 Å². The summed E-state index contributed by atoms with van der Waals surface area (Å²) in [5.74, 6) is 0.320. The highest BCUT2D eigenvalue weighted by molar-refractivity contribution is 5.92. The van der Waals surface area contributed by atoms with Gasteiger partial charge in [0.1, 0.15) is 17.5 Å². The molecule has 1 heterocycles. The molecule has 0 radical (unpaired) electrons. The van der Waals surface area contributed by atoms with Gasteiger partial charge < -0.3 is 14.6 Å². The van der Waals surface area contributed by atoms with Crippen LogP contribution in [-0.4, -0.2) is 40.8 Å². The first-order valence-corrected chi connectivity index (χ1v) is 10.6. The monoisotopic (exact) mass is 376 g/mol. The lowest BCUT2D eigenvalue weighted by molar-refractivity contribution is -0.243. The number of aliphatic hydroxyl groups is 1. The van der Waals surface area contributed by atoms with Crippen molar-refractivity contribution in [1.82, 2.24) is 0 Å². The fraction of sp³-hybridized carbons (Fsp3) is 0.909. The van der Waals surface area contributed by atoms with Crippen LogP contribution in [0.5, 0.6) is 0 Å². The number of ketones is 1. The number of aliphatic hydroxyl groups excluding tert-OH is 1. The lowest BCUT2D eigenvalue weighted by atomic mass is 9.39. The second-order valence-corrected chi connectivity index (χ2v) is 10.9. The molecule has 4 aliphatic carbocycles. The van der Waals surface area contributed by atoms with E-state index in [9.17, 15) is 14.7 Å². The van der Waals surface area contributed by atoms with E-state index in [0.29, 0.717) is 12.3 Å². The van der Waals surface area contributed by atoms with Crippen LogP contribution in [0, 0.1) is 34.0 Å². The van der Waals surface area contributed by atoms with Crippen molar-refractivity contribution in [2.45, 2.75) is 90.6 Å². The number of carbonyl (C=O) groups is 2. The van der Waals surface area contributed by atoms with Crippen LogP contribution < -0.4 is 0 Å². The number of hydrogen-bond acceptors (Lipinski definition) is 5. The Kier molecular flexibility index (Phi) is 3.33. The molecular formula is C22H32O5. The molecule has 0 aromatic carbocycles. The molecule has 0 aromatic rings. The van der Waals surface area contributed by atoms with Gasteiger partial charge in [-0.25, -0.2) is 0 Å². The van der Waals surface area contributed by atoms with Gasteiger partial charge in [0.2, 0.25) is 0 Å². The molecule has 9 atom stereocenters. The molecule has 5 heteroatoms. The third-order valence-corrected chi connectivity index (χ3v) is 9.41. The van der Waals surface area contributed by atoms with Gasteiger partial charge in [0.05, 0.1) is 17.6 Å². The standard InChI is InChI=1S/C22H32O5/c1-11-13-8-16-22(27-16)20(5)15(26-12(2)23)6-7-19(3,4)17(20)14(24)10-21(22,9-13)18(11)25/h11,13-17,24H,6-10H2,1-5H3. The van der Waals surface area contributed by atoms with Gasteiger partial charge >= 0.3 is 5.97 Å². The summed E-state index contributed by atoms with van der Waals surface area (Å²) in [5.41, 5.74) is -1.84. The summed E-state index contributed by atoms with van der Waals surface area (Å²) in [4.78, 5) is 25.5. The van der Waals surface area contributed by atoms with Crippen molar-refractivity contribution in [2.75, 3.05) is 0 Å². The highest BCUT2D eigenvalue weighted by atomic mass is 16.6. The molecule has 0 aromatic heterocycles. The van der Waals surface area contributed by atoms with Crippen LogP contribution >= 0.6 is 0 Å². The maximum Gasteiger partial charge on any atom is 0.302 e. The molecule has 5 fully saturated rings. The number of ether oxygens (including phenoxy) is 2. The van der Waals surface area contributed by atoms with E-state index in [-0.39, 0.29) is 41.2 Å². The molecule has 5 aliphatic rings. The first-order valence-electron chi connectivity index (χ1n) is 10.6. The van der Waals surface area contributed by atoms with Crippen LogP contribution in [0.15, 0.2) is 0 Å². The predicted molar refractivity (Wildman–Crippen MR) is 97.7 cm³/mol. The lowest BCUT2D eigenvalue weighted by Gasteiger charge is -2.65. The van der Waals surface area contributed by atoms with Gasteiger partial charge in [0.25, 0.3) is 0 Å². The van der Waals surface area contributed by atoms with E-state index in [1.54, 1.807) is 0 Å². The number of esters is 1. The number of Topliss-reactive ketones (excluding diaryl/α,β-unsaturated/α-hetero) is 1. The highest BCUT2D eigenvalue weighted by Gasteiger charge is 2.88. The van der Waals surface area contributed by atoms with Gasteiger partial charge in [-0.1, -0.05) is 27.7 Å². The second-order valence-electron chi connectivity index (χ2n) is 10.9. The molecule has 150 valence electrons. The summed E-state index contributed by atoms with van der Waals surface area (Å²) in [6, 6.07) is 0. The molecule has 1 saturated heterocycles. The van der Waals surface area contributed by atoms with Crippen LogP contribution in [0.25, 0.3) is 0 Å².